The van der Waals surface area contributed by atoms with Crippen molar-refractivity contribution in [1.82, 2.24) is 0 Å². The van der Waals surface area contributed by atoms with E-state index in [9.17, 15) is 0 Å². The number of allylic oxidation sites excluding steroid dienone is 6. The van der Waals surface area contributed by atoms with Crippen LogP contribution in [0.2, 0.25) is 0 Å². The summed E-state index contributed by atoms with van der Waals surface area (Å²) in [5, 5.41) is 0. The molecule has 3 aliphatic heterocycles. The summed E-state index contributed by atoms with van der Waals surface area (Å²) in [6.07, 6.45) is 17.0. The summed E-state index contributed by atoms with van der Waals surface area (Å²) in [6, 6.07) is 0. The Kier molecular flexibility index (Phi) is 1.84. The van der Waals surface area contributed by atoms with Gasteiger partial charge in [0.25, 0.3) is 0 Å². The molecule has 3 heteroatoms. The third-order valence-corrected chi connectivity index (χ3v) is 4.54. The summed E-state index contributed by atoms with van der Waals surface area (Å²) in [7, 11) is 0. The largest absolute Gasteiger partial charge is 0.457 e. The maximum Gasteiger partial charge on any atom is 0.149 e. The Morgan fingerprint density at radius 1 is 1.33 bits per heavy atom. The molecular weight excluding hydrogens is 260 g/mol. The predicted molar refractivity (Wildman–Crippen MR) is 82.8 cm³/mol. The molecule has 0 N–H and O–H groups in total. The van der Waals surface area contributed by atoms with E-state index in [2.05, 4.69) is 40.9 Å². The zero-order chi connectivity index (χ0) is 14.0. The zero-order valence-electron chi connectivity index (χ0n) is 11.3. The van der Waals surface area contributed by atoms with E-state index in [1.54, 1.807) is 0 Å². The van der Waals surface area contributed by atoms with Gasteiger partial charge in [-0.25, -0.2) is 0 Å². The average Bonchev–Trinajstić information content (AvgIpc) is 3.07. The van der Waals surface area contributed by atoms with E-state index in [4.69, 9.17) is 4.74 Å². The van der Waals surface area contributed by atoms with Crippen molar-refractivity contribution < 1.29 is 4.74 Å². The Hall–Kier alpha value is -2.68. The van der Waals surface area contributed by atoms with E-state index in [0.717, 1.165) is 45.9 Å². The third-order valence-electron chi connectivity index (χ3n) is 4.54. The highest BCUT2D eigenvalue weighted by Crippen LogP contribution is 2.59. The van der Waals surface area contributed by atoms with Gasteiger partial charge >= 0.3 is 0 Å². The van der Waals surface area contributed by atoms with E-state index < -0.39 is 0 Å². The number of hydrogen-bond donors (Lipinski definition) is 0. The van der Waals surface area contributed by atoms with E-state index in [0.29, 0.717) is 0 Å². The molecule has 21 heavy (non-hydrogen) atoms. The molecule has 0 bridgehead atoms. The molecular formula is C18H12N2O. The van der Waals surface area contributed by atoms with Crippen LogP contribution < -0.4 is 0 Å². The molecule has 3 heterocycles. The number of ether oxygens (including phenoxy) is 1. The fraction of sp³-hybridized carbons (Fsp3) is 0.111. The minimum Gasteiger partial charge on any atom is -0.457 e. The topological polar surface area (TPSA) is 34.0 Å². The van der Waals surface area contributed by atoms with Crippen molar-refractivity contribution in [3.63, 3.8) is 0 Å². The Bertz CT molecular complexity index is 856. The summed E-state index contributed by atoms with van der Waals surface area (Å²) < 4.78 is 6.26. The van der Waals surface area contributed by atoms with E-state index in [-0.39, 0.29) is 5.41 Å². The number of fused-ring (bicyclic) bond motifs is 1. The number of aliphatic imine (C=N–C) groups is 2. The van der Waals surface area contributed by atoms with Gasteiger partial charge in [0.1, 0.15) is 22.6 Å². The van der Waals surface area contributed by atoms with Gasteiger partial charge < -0.3 is 4.74 Å². The van der Waals surface area contributed by atoms with E-state index in [1.165, 1.54) is 0 Å². The van der Waals surface area contributed by atoms with Crippen LogP contribution in [-0.4, -0.2) is 12.4 Å². The standard InChI is InChI=1S/C18H12N2O/c1-11-3-2-4-14-16(11)21-17-15-12(5-7-20-15)9-13-10-19-8-6-18(13,14)17/h2,4-10H,1,3H2. The van der Waals surface area contributed by atoms with Gasteiger partial charge in [-0.1, -0.05) is 18.7 Å². The van der Waals surface area contributed by atoms with Gasteiger partial charge in [0.05, 0.1) is 0 Å². The molecule has 1 unspecified atom stereocenters. The molecule has 5 rings (SSSR count). The smallest absolute Gasteiger partial charge is 0.149 e. The Morgan fingerprint density at radius 2 is 2.29 bits per heavy atom. The van der Waals surface area contributed by atoms with Crippen LogP contribution in [0.4, 0.5) is 0 Å². The van der Waals surface area contributed by atoms with Crippen molar-refractivity contribution >= 4 is 12.4 Å². The molecule has 1 atom stereocenters. The maximum atomic E-state index is 6.26. The Labute approximate surface area is 122 Å². The lowest BCUT2D eigenvalue weighted by atomic mass is 9.67. The first-order valence-corrected chi connectivity index (χ1v) is 7.00. The van der Waals surface area contributed by atoms with Crippen LogP contribution >= 0.6 is 0 Å². The van der Waals surface area contributed by atoms with Crippen molar-refractivity contribution in [3.8, 4) is 0 Å². The van der Waals surface area contributed by atoms with Crippen molar-refractivity contribution in [2.75, 3.05) is 0 Å². The van der Waals surface area contributed by atoms with Crippen molar-refractivity contribution in [2.24, 2.45) is 15.4 Å². The van der Waals surface area contributed by atoms with Crippen molar-refractivity contribution in [3.05, 3.63) is 82.7 Å². The predicted octanol–water partition coefficient (Wildman–Crippen LogP) is 3.53. The molecule has 0 saturated heterocycles. The quantitative estimate of drug-likeness (QED) is 0.664. The van der Waals surface area contributed by atoms with E-state index >= 15 is 0 Å². The normalized spacial score (nSPS) is 30.8. The molecule has 100 valence electrons. The maximum absolute atomic E-state index is 6.26. The summed E-state index contributed by atoms with van der Waals surface area (Å²) in [5.74, 6) is 1.79. The molecule has 2 aliphatic carbocycles. The second-order valence-electron chi connectivity index (χ2n) is 5.63. The molecule has 5 aliphatic rings. The fourth-order valence-corrected chi connectivity index (χ4v) is 3.55. The van der Waals surface area contributed by atoms with Crippen LogP contribution in [0.5, 0.6) is 0 Å². The van der Waals surface area contributed by atoms with Gasteiger partial charge in [-0.2, -0.15) is 0 Å². The minimum atomic E-state index is -0.384. The Morgan fingerprint density at radius 3 is 3.24 bits per heavy atom. The number of hydrogen-bond acceptors (Lipinski definition) is 3. The summed E-state index contributed by atoms with van der Waals surface area (Å²) in [5.41, 5.74) is 4.93. The van der Waals surface area contributed by atoms with Crippen LogP contribution in [0.25, 0.3) is 0 Å². The summed E-state index contributed by atoms with van der Waals surface area (Å²) >= 11 is 0. The van der Waals surface area contributed by atoms with Crippen LogP contribution in [0.3, 0.4) is 0 Å². The molecule has 3 nitrogen and oxygen atoms in total. The molecule has 1 spiro atoms. The third kappa shape index (κ3) is 1.16. The second-order valence-corrected chi connectivity index (χ2v) is 5.63. The molecule has 0 fully saturated rings. The van der Waals surface area contributed by atoms with Crippen LogP contribution in [0, 0.1) is 5.41 Å². The van der Waals surface area contributed by atoms with Crippen LogP contribution in [0.15, 0.2) is 92.7 Å². The highest BCUT2D eigenvalue weighted by Gasteiger charge is 2.52. The summed E-state index contributed by atoms with van der Waals surface area (Å²) in [4.78, 5) is 8.80. The van der Waals surface area contributed by atoms with Crippen LogP contribution in [0.1, 0.15) is 6.42 Å². The lowest BCUT2D eigenvalue weighted by molar-refractivity contribution is 0.296. The highest BCUT2D eigenvalue weighted by molar-refractivity contribution is 5.93. The first kappa shape index (κ1) is 11.0. The zero-order valence-corrected chi connectivity index (χ0v) is 11.3. The molecule has 0 aromatic carbocycles. The highest BCUT2D eigenvalue weighted by atomic mass is 16.5. The van der Waals surface area contributed by atoms with Crippen LogP contribution in [-0.2, 0) is 4.74 Å². The van der Waals surface area contributed by atoms with Crippen molar-refractivity contribution in [1.29, 1.82) is 0 Å². The van der Waals surface area contributed by atoms with Gasteiger partial charge in [-0.15, -0.1) is 0 Å². The summed E-state index contributed by atoms with van der Waals surface area (Å²) in [6.45, 7) is 4.15. The molecule has 0 aromatic rings. The van der Waals surface area contributed by atoms with Crippen molar-refractivity contribution in [2.45, 2.75) is 6.42 Å². The first-order chi connectivity index (χ1) is 10.3. The average molecular weight is 272 g/mol. The molecule has 0 amide bonds. The van der Waals surface area contributed by atoms with Gasteiger partial charge in [-0.05, 0) is 35.8 Å². The number of rotatable bonds is 0. The fourth-order valence-electron chi connectivity index (χ4n) is 3.55. The minimum absolute atomic E-state index is 0.384. The molecule has 0 saturated carbocycles. The second kappa shape index (κ2) is 3.50. The van der Waals surface area contributed by atoms with Gasteiger partial charge in [-0.3, -0.25) is 9.98 Å². The molecule has 0 radical (unpaired) electrons. The van der Waals surface area contributed by atoms with E-state index in [1.807, 2.05) is 24.7 Å². The van der Waals surface area contributed by atoms with Gasteiger partial charge in [0.15, 0.2) is 0 Å². The lowest BCUT2D eigenvalue weighted by Gasteiger charge is -2.33. The van der Waals surface area contributed by atoms with Gasteiger partial charge in [0, 0.05) is 29.8 Å². The molecule has 0 aromatic heterocycles. The lowest BCUT2D eigenvalue weighted by Crippen LogP contribution is -2.29. The van der Waals surface area contributed by atoms with Gasteiger partial charge in [0.2, 0.25) is 0 Å². The monoisotopic (exact) mass is 272 g/mol. The SMILES string of the molecule is C=C1CC=CC2=C1OC1=C3N=CC=C3C=C3C=NC=CC321. The number of nitrogens with zero attached hydrogens (tertiary/aromatic N) is 2. The Balaban J connectivity index is 1.87. The first-order valence-electron chi connectivity index (χ1n) is 7.00.